The van der Waals surface area contributed by atoms with Crippen LogP contribution in [0, 0.1) is 0 Å². The van der Waals surface area contributed by atoms with Crippen LogP contribution in [0.15, 0.2) is 41.0 Å². The second-order valence-corrected chi connectivity index (χ2v) is 7.68. The molecular weight excluding hydrogens is 418 g/mol. The molecule has 1 aromatic heterocycles. The van der Waals surface area contributed by atoms with Gasteiger partial charge in [0.1, 0.15) is 5.15 Å². The lowest BCUT2D eigenvalue weighted by Gasteiger charge is -2.31. The summed E-state index contributed by atoms with van der Waals surface area (Å²) in [5.41, 5.74) is 2.64. The summed E-state index contributed by atoms with van der Waals surface area (Å²) in [7, 11) is 0. The van der Waals surface area contributed by atoms with Crippen LogP contribution in [0.3, 0.4) is 0 Å². The van der Waals surface area contributed by atoms with Crippen molar-refractivity contribution < 1.29 is 9.53 Å². The van der Waals surface area contributed by atoms with Gasteiger partial charge in [-0.2, -0.15) is 0 Å². The molecule has 0 bridgehead atoms. The first-order chi connectivity index (χ1) is 12.5. The van der Waals surface area contributed by atoms with Gasteiger partial charge in [0.25, 0.3) is 5.91 Å². The molecule has 1 amide bonds. The van der Waals surface area contributed by atoms with Crippen molar-refractivity contribution in [3.8, 4) is 0 Å². The standard InChI is InChI=1S/C19H21BrClN3O2/c1-13-11-24(5-6-26-13)12-15-4-2-3-14(7-15)9-23-19(25)17-8-16(20)10-22-18(17)21/h2-4,7-8,10,13H,5-6,9,11-12H2,1H3,(H,23,25). The molecule has 0 saturated carbocycles. The first-order valence-electron chi connectivity index (χ1n) is 8.52. The third-order valence-corrected chi connectivity index (χ3v) is 4.96. The molecule has 0 aliphatic carbocycles. The van der Waals surface area contributed by atoms with E-state index in [-0.39, 0.29) is 17.2 Å². The topological polar surface area (TPSA) is 54.5 Å². The molecule has 1 N–H and O–H groups in total. The summed E-state index contributed by atoms with van der Waals surface area (Å²) in [6, 6.07) is 9.93. The molecule has 1 unspecified atom stereocenters. The average molecular weight is 439 g/mol. The van der Waals surface area contributed by atoms with Crippen molar-refractivity contribution in [1.29, 1.82) is 0 Å². The molecule has 1 atom stereocenters. The first kappa shape index (κ1) is 19.3. The van der Waals surface area contributed by atoms with E-state index in [2.05, 4.69) is 50.2 Å². The van der Waals surface area contributed by atoms with Crippen LogP contribution in [0.4, 0.5) is 0 Å². The van der Waals surface area contributed by atoms with Crippen LogP contribution >= 0.6 is 27.5 Å². The molecule has 0 spiro atoms. The Morgan fingerprint density at radius 3 is 3.04 bits per heavy atom. The number of halogens is 2. The lowest BCUT2D eigenvalue weighted by molar-refractivity contribution is -0.0212. The average Bonchev–Trinajstić information content (AvgIpc) is 2.62. The number of hydrogen-bond donors (Lipinski definition) is 1. The molecule has 1 aliphatic heterocycles. The van der Waals surface area contributed by atoms with Crippen LogP contribution in [-0.4, -0.2) is 41.6 Å². The molecule has 2 aromatic rings. The quantitative estimate of drug-likeness (QED) is 0.724. The Kier molecular flexibility index (Phi) is 6.64. The molecule has 2 heterocycles. The summed E-state index contributed by atoms with van der Waals surface area (Å²) < 4.78 is 6.30. The number of amides is 1. The van der Waals surface area contributed by atoms with E-state index < -0.39 is 0 Å². The third-order valence-electron chi connectivity index (χ3n) is 4.23. The number of carbonyl (C=O) groups excluding carboxylic acids is 1. The summed E-state index contributed by atoms with van der Waals surface area (Å²) in [4.78, 5) is 18.7. The van der Waals surface area contributed by atoms with Crippen molar-refractivity contribution in [1.82, 2.24) is 15.2 Å². The highest BCUT2D eigenvalue weighted by Crippen LogP contribution is 2.18. The Morgan fingerprint density at radius 1 is 1.42 bits per heavy atom. The second kappa shape index (κ2) is 8.95. The lowest BCUT2D eigenvalue weighted by atomic mass is 10.1. The summed E-state index contributed by atoms with van der Waals surface area (Å²) >= 11 is 9.32. The highest BCUT2D eigenvalue weighted by Gasteiger charge is 2.17. The largest absolute Gasteiger partial charge is 0.376 e. The number of nitrogens with zero attached hydrogens (tertiary/aromatic N) is 2. The van der Waals surface area contributed by atoms with Crippen molar-refractivity contribution in [3.63, 3.8) is 0 Å². The zero-order chi connectivity index (χ0) is 18.5. The summed E-state index contributed by atoms with van der Waals surface area (Å²) in [6.45, 7) is 6.08. The predicted molar refractivity (Wildman–Crippen MR) is 105 cm³/mol. The Balaban J connectivity index is 1.60. The van der Waals surface area contributed by atoms with Crippen LogP contribution in [0.1, 0.15) is 28.4 Å². The van der Waals surface area contributed by atoms with Gasteiger partial charge in [-0.15, -0.1) is 0 Å². The van der Waals surface area contributed by atoms with Gasteiger partial charge < -0.3 is 10.1 Å². The van der Waals surface area contributed by atoms with Crippen molar-refractivity contribution >= 4 is 33.4 Å². The monoisotopic (exact) mass is 437 g/mol. The molecular formula is C19H21BrClN3O2. The number of nitrogens with one attached hydrogen (secondary N) is 1. The third kappa shape index (κ3) is 5.27. The van der Waals surface area contributed by atoms with Crippen molar-refractivity contribution in [2.45, 2.75) is 26.1 Å². The van der Waals surface area contributed by atoms with Gasteiger partial charge in [0.15, 0.2) is 0 Å². The van der Waals surface area contributed by atoms with Crippen molar-refractivity contribution in [3.05, 3.63) is 62.8 Å². The van der Waals surface area contributed by atoms with Gasteiger partial charge in [-0.25, -0.2) is 4.98 Å². The fourth-order valence-electron chi connectivity index (χ4n) is 2.99. The minimum atomic E-state index is -0.240. The minimum absolute atomic E-state index is 0.195. The van der Waals surface area contributed by atoms with Crippen molar-refractivity contribution in [2.75, 3.05) is 19.7 Å². The van der Waals surface area contributed by atoms with Gasteiger partial charge in [-0.1, -0.05) is 35.9 Å². The number of rotatable bonds is 5. The number of ether oxygens (including phenoxy) is 1. The highest BCUT2D eigenvalue weighted by molar-refractivity contribution is 9.10. The van der Waals surface area contributed by atoms with E-state index in [1.807, 2.05) is 12.1 Å². The number of pyridine rings is 1. The van der Waals surface area contributed by atoms with Gasteiger partial charge in [-0.3, -0.25) is 9.69 Å². The molecule has 26 heavy (non-hydrogen) atoms. The molecule has 1 aromatic carbocycles. The van der Waals surface area contributed by atoms with Crippen LogP contribution in [0.5, 0.6) is 0 Å². The molecule has 1 saturated heterocycles. The Labute approximate surface area is 166 Å². The van der Waals surface area contributed by atoms with E-state index >= 15 is 0 Å². The number of aromatic nitrogens is 1. The van der Waals surface area contributed by atoms with Crippen LogP contribution in [-0.2, 0) is 17.8 Å². The first-order valence-corrected chi connectivity index (χ1v) is 9.69. The fourth-order valence-corrected chi connectivity index (χ4v) is 3.51. The van der Waals surface area contributed by atoms with Gasteiger partial charge >= 0.3 is 0 Å². The number of morpholine rings is 1. The summed E-state index contributed by atoms with van der Waals surface area (Å²) in [6.07, 6.45) is 1.84. The Bertz CT molecular complexity index is 787. The van der Waals surface area contributed by atoms with E-state index in [1.54, 1.807) is 12.3 Å². The normalized spacial score (nSPS) is 17.9. The lowest BCUT2D eigenvalue weighted by Crippen LogP contribution is -2.40. The number of carbonyl (C=O) groups is 1. The van der Waals surface area contributed by atoms with E-state index in [9.17, 15) is 4.79 Å². The number of benzene rings is 1. The van der Waals surface area contributed by atoms with E-state index in [0.29, 0.717) is 16.6 Å². The maximum absolute atomic E-state index is 12.4. The highest BCUT2D eigenvalue weighted by atomic mass is 79.9. The summed E-state index contributed by atoms with van der Waals surface area (Å²) in [5, 5.41) is 3.10. The molecule has 138 valence electrons. The fraction of sp³-hybridized carbons (Fsp3) is 0.368. The Morgan fingerprint density at radius 2 is 2.23 bits per heavy atom. The molecule has 3 rings (SSSR count). The van der Waals surface area contributed by atoms with Gasteiger partial charge in [-0.05, 0) is 40.0 Å². The van der Waals surface area contributed by atoms with E-state index in [0.717, 1.165) is 31.8 Å². The molecule has 5 nitrogen and oxygen atoms in total. The predicted octanol–water partition coefficient (Wildman–Crippen LogP) is 3.65. The van der Waals surface area contributed by atoms with Gasteiger partial charge in [0.2, 0.25) is 0 Å². The maximum atomic E-state index is 12.4. The van der Waals surface area contributed by atoms with Crippen LogP contribution < -0.4 is 5.32 Å². The van der Waals surface area contributed by atoms with E-state index in [4.69, 9.17) is 16.3 Å². The maximum Gasteiger partial charge on any atom is 0.254 e. The molecule has 1 aliphatic rings. The number of hydrogen-bond acceptors (Lipinski definition) is 4. The minimum Gasteiger partial charge on any atom is -0.376 e. The SMILES string of the molecule is CC1CN(Cc2cccc(CNC(=O)c3cc(Br)cnc3Cl)c2)CCO1. The summed E-state index contributed by atoms with van der Waals surface area (Å²) in [5.74, 6) is -0.240. The second-order valence-electron chi connectivity index (χ2n) is 6.41. The van der Waals surface area contributed by atoms with Crippen molar-refractivity contribution in [2.24, 2.45) is 0 Å². The van der Waals surface area contributed by atoms with Crippen LogP contribution in [0.2, 0.25) is 5.15 Å². The Hall–Kier alpha value is -1.47. The zero-order valence-corrected chi connectivity index (χ0v) is 16.9. The zero-order valence-electron chi connectivity index (χ0n) is 14.5. The van der Waals surface area contributed by atoms with Gasteiger partial charge in [0.05, 0.1) is 18.3 Å². The van der Waals surface area contributed by atoms with Gasteiger partial charge in [0, 0.05) is 36.8 Å². The molecule has 0 radical (unpaired) electrons. The molecule has 7 heteroatoms. The van der Waals surface area contributed by atoms with E-state index in [1.165, 1.54) is 5.56 Å². The van der Waals surface area contributed by atoms with Crippen LogP contribution in [0.25, 0.3) is 0 Å². The molecule has 1 fully saturated rings. The smallest absolute Gasteiger partial charge is 0.254 e.